The SMILES string of the molecule is CCOc1ccc(-c2[nH]c3c(ccc[n+]3-c3ccnc4c3cc(-c3ccc(OCC)cc3)n4CCN3CCOCC3)c2C(O)C(F)(F)F)cc1. The van der Waals surface area contributed by atoms with Crippen LogP contribution in [0, 0.1) is 0 Å². The third kappa shape index (κ3) is 6.53. The number of H-pyrrole nitrogens is 1. The monoisotopic (exact) mass is 686 g/mol. The van der Waals surface area contributed by atoms with E-state index in [1.165, 1.54) is 0 Å². The smallest absolute Gasteiger partial charge is 0.418 e. The number of halogens is 3. The van der Waals surface area contributed by atoms with Crippen molar-refractivity contribution in [1.29, 1.82) is 0 Å². The van der Waals surface area contributed by atoms with Gasteiger partial charge in [0, 0.05) is 44.0 Å². The van der Waals surface area contributed by atoms with Gasteiger partial charge < -0.3 is 23.9 Å². The van der Waals surface area contributed by atoms with Crippen LogP contribution in [0.25, 0.3) is 50.3 Å². The molecule has 1 aliphatic rings. The van der Waals surface area contributed by atoms with Crippen molar-refractivity contribution in [3.63, 3.8) is 0 Å². The first-order valence-electron chi connectivity index (χ1n) is 16.8. The number of alkyl halides is 3. The molecule has 1 atom stereocenters. The lowest BCUT2D eigenvalue weighted by Crippen LogP contribution is -2.38. The Morgan fingerprint density at radius 1 is 0.900 bits per heavy atom. The van der Waals surface area contributed by atoms with Gasteiger partial charge in [0.25, 0.3) is 5.65 Å². The maximum Gasteiger partial charge on any atom is 0.418 e. The first kappa shape index (κ1) is 33.6. The Bertz CT molecular complexity index is 2090. The molecule has 7 rings (SSSR count). The van der Waals surface area contributed by atoms with E-state index in [-0.39, 0.29) is 16.6 Å². The molecule has 0 saturated carbocycles. The van der Waals surface area contributed by atoms with Gasteiger partial charge in [0.15, 0.2) is 6.10 Å². The summed E-state index contributed by atoms with van der Waals surface area (Å²) < 4.78 is 63.4. The molecule has 5 heterocycles. The maximum atomic E-state index is 14.2. The molecule has 260 valence electrons. The lowest BCUT2D eigenvalue weighted by atomic mass is 10.0. The zero-order valence-corrected chi connectivity index (χ0v) is 27.9. The number of hydrogen-bond donors (Lipinski definition) is 2. The van der Waals surface area contributed by atoms with Crippen LogP contribution in [-0.4, -0.2) is 76.8 Å². The molecule has 0 amide bonds. The van der Waals surface area contributed by atoms with Crippen LogP contribution in [0.4, 0.5) is 13.2 Å². The van der Waals surface area contributed by atoms with E-state index in [1.54, 1.807) is 48.8 Å². The molecule has 0 aliphatic carbocycles. The molecular weight excluding hydrogens is 647 g/mol. The largest absolute Gasteiger partial charge is 0.494 e. The van der Waals surface area contributed by atoms with Crippen molar-refractivity contribution in [2.45, 2.75) is 32.7 Å². The number of morpholine rings is 1. The molecular formula is C38H39F3N5O4+. The summed E-state index contributed by atoms with van der Waals surface area (Å²) in [6.07, 6.45) is -4.07. The van der Waals surface area contributed by atoms with Gasteiger partial charge in [0.05, 0.1) is 54.7 Å². The van der Waals surface area contributed by atoms with Gasteiger partial charge in [-0.2, -0.15) is 17.7 Å². The average molecular weight is 687 g/mol. The third-order valence-corrected chi connectivity index (χ3v) is 9.07. The van der Waals surface area contributed by atoms with E-state index in [9.17, 15) is 18.3 Å². The van der Waals surface area contributed by atoms with E-state index in [0.29, 0.717) is 49.9 Å². The van der Waals surface area contributed by atoms with Crippen LogP contribution in [0.5, 0.6) is 11.5 Å². The summed E-state index contributed by atoms with van der Waals surface area (Å²) in [6, 6.07) is 22.0. The summed E-state index contributed by atoms with van der Waals surface area (Å²) >= 11 is 0. The van der Waals surface area contributed by atoms with E-state index in [0.717, 1.165) is 53.4 Å². The second-order valence-electron chi connectivity index (χ2n) is 12.1. The van der Waals surface area contributed by atoms with Crippen molar-refractivity contribution >= 4 is 22.1 Å². The minimum Gasteiger partial charge on any atom is -0.494 e. The zero-order chi connectivity index (χ0) is 34.8. The van der Waals surface area contributed by atoms with Crippen molar-refractivity contribution < 1.29 is 37.1 Å². The molecule has 9 nitrogen and oxygen atoms in total. The minimum atomic E-state index is -4.88. The number of pyridine rings is 2. The van der Waals surface area contributed by atoms with Crippen molar-refractivity contribution in [2.24, 2.45) is 0 Å². The average Bonchev–Trinajstić information content (AvgIpc) is 3.70. The summed E-state index contributed by atoms with van der Waals surface area (Å²) in [5.74, 6) is 1.38. The molecule has 12 heteroatoms. The highest BCUT2D eigenvalue weighted by atomic mass is 19.4. The maximum absolute atomic E-state index is 14.2. The molecule has 2 N–H and O–H groups in total. The highest BCUT2D eigenvalue weighted by Gasteiger charge is 2.44. The summed E-state index contributed by atoms with van der Waals surface area (Å²) in [6.45, 7) is 9.39. The number of benzene rings is 2. The van der Waals surface area contributed by atoms with Gasteiger partial charge in [-0.3, -0.25) is 4.90 Å². The molecule has 1 saturated heterocycles. The molecule has 1 aliphatic heterocycles. The lowest BCUT2D eigenvalue weighted by Gasteiger charge is -2.27. The number of aromatic nitrogens is 4. The van der Waals surface area contributed by atoms with E-state index in [4.69, 9.17) is 19.2 Å². The number of rotatable bonds is 11. The topological polar surface area (TPSA) is 88.7 Å². The van der Waals surface area contributed by atoms with Crippen molar-refractivity contribution in [3.8, 4) is 39.7 Å². The molecule has 0 radical (unpaired) electrons. The quantitative estimate of drug-likeness (QED) is 0.145. The number of aliphatic hydroxyl groups is 1. The van der Waals surface area contributed by atoms with Crippen LogP contribution >= 0.6 is 0 Å². The summed E-state index contributed by atoms with van der Waals surface area (Å²) in [4.78, 5) is 10.5. The number of nitrogens with zero attached hydrogens (tertiary/aromatic N) is 4. The van der Waals surface area contributed by atoms with Gasteiger partial charge >= 0.3 is 6.18 Å². The Morgan fingerprint density at radius 2 is 1.56 bits per heavy atom. The summed E-state index contributed by atoms with van der Waals surface area (Å²) in [5.41, 5.74) is 4.25. The Hall–Kier alpha value is -4.91. The van der Waals surface area contributed by atoms with Gasteiger partial charge in [-0.05, 0) is 86.1 Å². The number of aliphatic hydroxyl groups excluding tert-OH is 1. The molecule has 1 unspecified atom stereocenters. The fourth-order valence-electron chi connectivity index (χ4n) is 6.70. The number of hydrogen-bond acceptors (Lipinski definition) is 6. The van der Waals surface area contributed by atoms with E-state index in [1.807, 2.05) is 48.7 Å². The van der Waals surface area contributed by atoms with Gasteiger partial charge in [-0.15, -0.1) is 0 Å². The Balaban J connectivity index is 1.39. The molecule has 1 fully saturated rings. The van der Waals surface area contributed by atoms with Crippen LogP contribution in [0.1, 0.15) is 25.5 Å². The first-order valence-corrected chi connectivity index (χ1v) is 16.8. The highest BCUT2D eigenvalue weighted by molar-refractivity contribution is 5.91. The molecule has 2 aromatic carbocycles. The number of nitrogens with one attached hydrogen (secondary N) is 1. The zero-order valence-electron chi connectivity index (χ0n) is 27.9. The van der Waals surface area contributed by atoms with Crippen molar-refractivity contribution in [1.82, 2.24) is 19.4 Å². The van der Waals surface area contributed by atoms with Crippen LogP contribution < -0.4 is 14.0 Å². The molecule has 6 aromatic rings. The number of fused-ring (bicyclic) bond motifs is 2. The van der Waals surface area contributed by atoms with Gasteiger partial charge in [0.2, 0.25) is 0 Å². The number of aromatic amines is 1. The Morgan fingerprint density at radius 3 is 2.20 bits per heavy atom. The molecule has 0 bridgehead atoms. The summed E-state index contributed by atoms with van der Waals surface area (Å²) in [5, 5.41) is 11.8. The number of ether oxygens (including phenoxy) is 3. The summed E-state index contributed by atoms with van der Waals surface area (Å²) in [7, 11) is 0. The Labute approximate surface area is 287 Å². The van der Waals surface area contributed by atoms with Gasteiger partial charge in [0.1, 0.15) is 28.5 Å². The van der Waals surface area contributed by atoms with Gasteiger partial charge in [-0.25, -0.2) is 9.97 Å². The first-order chi connectivity index (χ1) is 24.3. The lowest BCUT2D eigenvalue weighted by molar-refractivity contribution is -0.567. The highest BCUT2D eigenvalue weighted by Crippen LogP contribution is 2.42. The van der Waals surface area contributed by atoms with Crippen molar-refractivity contribution in [2.75, 3.05) is 46.1 Å². The second kappa shape index (κ2) is 14.1. The standard InChI is InChI=1S/C38H38F3N5O4/c1-3-49-27-11-7-25(8-12-27)32-24-30-31(15-16-42-36(30)46(32)19-18-44-20-22-48-23-21-44)45-17-5-6-29-33(35(47)38(39,40)41)34(43-37(29)45)26-9-13-28(14-10-26)50-4-2/h5-17,24,35,47H,3-4,18-23H2,1-2H3/p+1. The predicted octanol–water partition coefficient (Wildman–Crippen LogP) is 6.85. The van der Waals surface area contributed by atoms with Crippen LogP contribution in [-0.2, 0) is 11.3 Å². The van der Waals surface area contributed by atoms with Crippen LogP contribution in [0.2, 0.25) is 0 Å². The fourth-order valence-corrected chi connectivity index (χ4v) is 6.70. The molecule has 0 spiro atoms. The predicted molar refractivity (Wildman–Crippen MR) is 185 cm³/mol. The van der Waals surface area contributed by atoms with E-state index >= 15 is 0 Å². The molecule has 4 aromatic heterocycles. The van der Waals surface area contributed by atoms with Crippen LogP contribution in [0.3, 0.4) is 0 Å². The van der Waals surface area contributed by atoms with Crippen LogP contribution in [0.15, 0.2) is 85.2 Å². The Kier molecular flexibility index (Phi) is 9.50. The van der Waals surface area contributed by atoms with Crippen molar-refractivity contribution in [3.05, 3.63) is 90.8 Å². The van der Waals surface area contributed by atoms with Gasteiger partial charge in [-0.1, -0.05) is 0 Å². The van der Waals surface area contributed by atoms with E-state index in [2.05, 4.69) is 20.5 Å². The second-order valence-corrected chi connectivity index (χ2v) is 12.1. The third-order valence-electron chi connectivity index (χ3n) is 9.07. The molecule has 50 heavy (non-hydrogen) atoms. The fraction of sp³-hybridized carbons (Fsp3) is 0.316. The minimum absolute atomic E-state index is 0.177. The normalized spacial score (nSPS) is 14.8. The van der Waals surface area contributed by atoms with E-state index < -0.39 is 12.3 Å².